The predicted molar refractivity (Wildman–Crippen MR) is 106 cm³/mol. The highest BCUT2D eigenvalue weighted by Crippen LogP contribution is 2.18. The van der Waals surface area contributed by atoms with Crippen LogP contribution in [0.15, 0.2) is 18.2 Å². The lowest BCUT2D eigenvalue weighted by Gasteiger charge is -2.36. The molecule has 0 atom stereocenters. The summed E-state index contributed by atoms with van der Waals surface area (Å²) < 4.78 is 2.05. The zero-order valence-electron chi connectivity index (χ0n) is 16.9. The second kappa shape index (κ2) is 8.11. The number of imidazole rings is 1. The molecule has 27 heavy (non-hydrogen) atoms. The Kier molecular flexibility index (Phi) is 5.82. The maximum atomic E-state index is 12.7. The predicted octanol–water partition coefficient (Wildman–Crippen LogP) is 2.53. The third-order valence-corrected chi connectivity index (χ3v) is 5.80. The van der Waals surface area contributed by atoms with E-state index in [9.17, 15) is 9.59 Å². The Morgan fingerprint density at radius 3 is 2.33 bits per heavy atom. The zero-order chi connectivity index (χ0) is 19.6. The monoisotopic (exact) mass is 370 g/mol. The molecule has 0 radical (unpaired) electrons. The summed E-state index contributed by atoms with van der Waals surface area (Å²) in [4.78, 5) is 33.5. The van der Waals surface area contributed by atoms with Gasteiger partial charge >= 0.3 is 0 Å². The number of aryl methyl sites for hydroxylation is 2. The Morgan fingerprint density at radius 2 is 1.70 bits per heavy atom. The van der Waals surface area contributed by atoms with Gasteiger partial charge in [0.1, 0.15) is 5.82 Å². The Morgan fingerprint density at radius 1 is 1.07 bits per heavy atom. The fourth-order valence-corrected chi connectivity index (χ4v) is 3.83. The molecule has 2 aromatic rings. The van der Waals surface area contributed by atoms with Crippen LogP contribution in [0.5, 0.6) is 0 Å². The fraction of sp³-hybridized carbons (Fsp3) is 0.571. The van der Waals surface area contributed by atoms with Crippen LogP contribution < -0.4 is 0 Å². The number of rotatable bonds is 5. The molecule has 1 aromatic carbocycles. The lowest BCUT2D eigenvalue weighted by atomic mass is 10.0. The maximum Gasteiger partial charge on any atom is 0.227 e. The summed E-state index contributed by atoms with van der Waals surface area (Å²) in [6, 6.07) is 6.05. The molecule has 6 heteroatoms. The van der Waals surface area contributed by atoms with E-state index < -0.39 is 0 Å². The number of carbonyl (C=O) groups is 2. The molecule has 1 saturated heterocycles. The van der Waals surface area contributed by atoms with Crippen molar-refractivity contribution < 1.29 is 9.59 Å². The van der Waals surface area contributed by atoms with Crippen molar-refractivity contribution in [2.75, 3.05) is 26.2 Å². The second-order valence-electron chi connectivity index (χ2n) is 7.44. The van der Waals surface area contributed by atoms with Crippen LogP contribution in [0.4, 0.5) is 0 Å². The summed E-state index contributed by atoms with van der Waals surface area (Å²) in [5.74, 6) is 1.44. The molecule has 2 heterocycles. The minimum absolute atomic E-state index is 0.112. The first-order chi connectivity index (χ1) is 12.9. The van der Waals surface area contributed by atoms with E-state index >= 15 is 0 Å². The second-order valence-corrected chi connectivity index (χ2v) is 7.44. The normalized spacial score (nSPS) is 15.0. The van der Waals surface area contributed by atoms with Crippen LogP contribution >= 0.6 is 0 Å². The molecule has 1 fully saturated rings. The van der Waals surface area contributed by atoms with Gasteiger partial charge in [0.05, 0.1) is 17.5 Å². The van der Waals surface area contributed by atoms with Gasteiger partial charge in [-0.1, -0.05) is 19.9 Å². The average molecular weight is 370 g/mol. The van der Waals surface area contributed by atoms with Gasteiger partial charge in [-0.3, -0.25) is 9.59 Å². The minimum atomic E-state index is 0.112. The van der Waals surface area contributed by atoms with Crippen molar-refractivity contribution in [1.82, 2.24) is 19.4 Å². The molecule has 1 aromatic heterocycles. The van der Waals surface area contributed by atoms with Crippen molar-refractivity contribution in [1.29, 1.82) is 0 Å². The molecular weight excluding hydrogens is 340 g/mol. The number of amides is 2. The number of hydrogen-bond donors (Lipinski definition) is 0. The lowest BCUT2D eigenvalue weighted by Crippen LogP contribution is -2.52. The van der Waals surface area contributed by atoms with Crippen molar-refractivity contribution in [2.45, 2.75) is 40.0 Å². The molecule has 0 aliphatic carbocycles. The van der Waals surface area contributed by atoms with Crippen LogP contribution in [0, 0.1) is 12.8 Å². The highest BCUT2D eigenvalue weighted by molar-refractivity contribution is 5.83. The Hall–Kier alpha value is -2.37. The van der Waals surface area contributed by atoms with E-state index in [2.05, 4.69) is 23.4 Å². The Bertz CT molecular complexity index is 830. The van der Waals surface area contributed by atoms with Crippen LogP contribution in [0.3, 0.4) is 0 Å². The smallest absolute Gasteiger partial charge is 0.227 e. The zero-order valence-corrected chi connectivity index (χ0v) is 16.9. The largest absolute Gasteiger partial charge is 0.339 e. The molecule has 3 rings (SSSR count). The molecule has 0 saturated carbocycles. The highest BCUT2D eigenvalue weighted by Gasteiger charge is 2.27. The van der Waals surface area contributed by atoms with Crippen molar-refractivity contribution in [2.24, 2.45) is 13.0 Å². The van der Waals surface area contributed by atoms with Crippen LogP contribution in [0.1, 0.15) is 38.1 Å². The van der Waals surface area contributed by atoms with Crippen molar-refractivity contribution >= 4 is 22.8 Å². The first-order valence-electron chi connectivity index (χ1n) is 9.93. The number of piperazine rings is 1. The molecule has 0 N–H and O–H groups in total. The van der Waals surface area contributed by atoms with Gasteiger partial charge in [0, 0.05) is 39.1 Å². The molecule has 1 aliphatic heterocycles. The number of benzene rings is 1. The van der Waals surface area contributed by atoms with Gasteiger partial charge in [-0.2, -0.15) is 0 Å². The number of nitrogens with zero attached hydrogens (tertiary/aromatic N) is 4. The Balaban J connectivity index is 1.59. The lowest BCUT2D eigenvalue weighted by molar-refractivity contribution is -0.142. The number of fused-ring (bicyclic) bond motifs is 1. The molecule has 146 valence electrons. The molecule has 0 unspecified atom stereocenters. The summed E-state index contributed by atoms with van der Waals surface area (Å²) in [7, 11) is 2.00. The van der Waals surface area contributed by atoms with E-state index in [-0.39, 0.29) is 17.7 Å². The van der Waals surface area contributed by atoms with Gasteiger partial charge in [-0.15, -0.1) is 0 Å². The summed E-state index contributed by atoms with van der Waals surface area (Å²) in [6.07, 6.45) is 2.14. The van der Waals surface area contributed by atoms with Gasteiger partial charge in [0.2, 0.25) is 11.8 Å². The van der Waals surface area contributed by atoms with Crippen molar-refractivity contribution in [3.05, 3.63) is 29.6 Å². The molecular formula is C21H30N4O2. The summed E-state index contributed by atoms with van der Waals surface area (Å²) in [6.45, 7) is 8.62. The molecule has 0 bridgehead atoms. The van der Waals surface area contributed by atoms with Crippen molar-refractivity contribution in [3.63, 3.8) is 0 Å². The van der Waals surface area contributed by atoms with Gasteiger partial charge in [-0.25, -0.2) is 4.98 Å². The standard InChI is InChI=1S/C21H30N4O2/c1-5-17(6-2)21(27)25-11-9-24(10-12-25)20(26)14-16-7-8-19-18(13-16)22-15(3)23(19)4/h7-8,13,17H,5-6,9-12,14H2,1-4H3. The van der Waals surface area contributed by atoms with E-state index in [0.717, 1.165) is 35.3 Å². The van der Waals surface area contributed by atoms with Gasteiger partial charge in [-0.05, 0) is 37.5 Å². The van der Waals surface area contributed by atoms with Crippen LogP contribution in [0.25, 0.3) is 11.0 Å². The number of carbonyl (C=O) groups excluding carboxylic acids is 2. The minimum Gasteiger partial charge on any atom is -0.339 e. The quantitative estimate of drug-likeness (QED) is 0.813. The van der Waals surface area contributed by atoms with E-state index in [1.165, 1.54) is 0 Å². The molecule has 6 nitrogen and oxygen atoms in total. The number of aromatic nitrogens is 2. The van der Waals surface area contributed by atoms with Gasteiger partial charge in [0.25, 0.3) is 0 Å². The SMILES string of the molecule is CCC(CC)C(=O)N1CCN(C(=O)Cc2ccc3c(c2)nc(C)n3C)CC1. The highest BCUT2D eigenvalue weighted by atomic mass is 16.2. The first kappa shape index (κ1) is 19.4. The Labute approximate surface area is 161 Å². The fourth-order valence-electron chi connectivity index (χ4n) is 3.83. The van der Waals surface area contributed by atoms with Crippen LogP contribution in [0.2, 0.25) is 0 Å². The van der Waals surface area contributed by atoms with E-state index in [1.54, 1.807) is 0 Å². The maximum absolute atomic E-state index is 12.7. The summed E-state index contributed by atoms with van der Waals surface area (Å²) >= 11 is 0. The first-order valence-corrected chi connectivity index (χ1v) is 9.93. The third-order valence-electron chi connectivity index (χ3n) is 5.80. The van der Waals surface area contributed by atoms with E-state index in [1.807, 2.05) is 42.0 Å². The number of hydrogen-bond acceptors (Lipinski definition) is 3. The van der Waals surface area contributed by atoms with E-state index in [4.69, 9.17) is 0 Å². The van der Waals surface area contributed by atoms with Gasteiger partial charge < -0.3 is 14.4 Å². The summed E-state index contributed by atoms with van der Waals surface area (Å²) in [5, 5.41) is 0. The van der Waals surface area contributed by atoms with Crippen LogP contribution in [-0.4, -0.2) is 57.3 Å². The van der Waals surface area contributed by atoms with E-state index in [0.29, 0.717) is 32.6 Å². The third kappa shape index (κ3) is 3.99. The van der Waals surface area contributed by atoms with Crippen molar-refractivity contribution in [3.8, 4) is 0 Å². The average Bonchev–Trinajstić information content (AvgIpc) is 2.96. The van der Waals surface area contributed by atoms with Crippen LogP contribution in [-0.2, 0) is 23.1 Å². The topological polar surface area (TPSA) is 58.4 Å². The molecule has 2 amide bonds. The van der Waals surface area contributed by atoms with Gasteiger partial charge in [0.15, 0.2) is 0 Å². The molecule has 0 spiro atoms. The summed E-state index contributed by atoms with van der Waals surface area (Å²) in [5.41, 5.74) is 3.00. The molecule has 1 aliphatic rings.